The molecule has 0 N–H and O–H groups in total. The Hall–Kier alpha value is -2.18. The van der Waals surface area contributed by atoms with Gasteiger partial charge in [0.25, 0.3) is 0 Å². The molecule has 5 heteroatoms. The van der Waals surface area contributed by atoms with Crippen LogP contribution in [0.1, 0.15) is 11.1 Å². The Kier molecular flexibility index (Phi) is 5.85. The van der Waals surface area contributed by atoms with Gasteiger partial charge in [0.05, 0.1) is 3.79 Å². The topological polar surface area (TPSA) is 3.24 Å². The van der Waals surface area contributed by atoms with E-state index in [-0.39, 0.29) is 0 Å². The van der Waals surface area contributed by atoms with E-state index in [0.29, 0.717) is 0 Å². The summed E-state index contributed by atoms with van der Waals surface area (Å²) in [4.78, 5) is 7.57. The Bertz CT molecular complexity index is 1260. The van der Waals surface area contributed by atoms with Crippen molar-refractivity contribution in [3.8, 4) is 19.5 Å². The van der Waals surface area contributed by atoms with Crippen LogP contribution in [-0.2, 0) is 0 Å². The lowest BCUT2D eigenvalue weighted by Gasteiger charge is -2.24. The van der Waals surface area contributed by atoms with Gasteiger partial charge in [-0.05, 0) is 90.4 Å². The van der Waals surface area contributed by atoms with Crippen LogP contribution in [0.5, 0.6) is 0 Å². The molecule has 0 bridgehead atoms. The van der Waals surface area contributed by atoms with E-state index in [1.807, 2.05) is 22.7 Å². The lowest BCUT2D eigenvalue weighted by Crippen LogP contribution is -2.08. The van der Waals surface area contributed by atoms with Gasteiger partial charge in [-0.3, -0.25) is 0 Å². The number of aryl methyl sites for hydroxylation is 2. The van der Waals surface area contributed by atoms with Crippen LogP contribution in [0.2, 0.25) is 0 Å². The first-order valence-electron chi connectivity index (χ1n) is 9.96. The molecule has 0 aliphatic rings. The van der Waals surface area contributed by atoms with Crippen LogP contribution in [0.3, 0.4) is 0 Å². The van der Waals surface area contributed by atoms with Gasteiger partial charge in [0.2, 0.25) is 0 Å². The van der Waals surface area contributed by atoms with E-state index in [2.05, 4.69) is 120 Å². The van der Waals surface area contributed by atoms with Crippen molar-refractivity contribution in [1.29, 1.82) is 0 Å². The second-order valence-electron chi connectivity index (χ2n) is 7.41. The molecule has 0 saturated carbocycles. The van der Waals surface area contributed by atoms with Gasteiger partial charge in [-0.2, -0.15) is 0 Å². The van der Waals surface area contributed by atoms with Crippen molar-refractivity contribution in [2.24, 2.45) is 0 Å². The van der Waals surface area contributed by atoms with Crippen molar-refractivity contribution in [2.45, 2.75) is 13.8 Å². The SMILES string of the molecule is Cc1ccc(N(c2ccc(C)cc2)c2ccc(-c3ccc(-c4ccc(Br)s4)s3)s2)cc1. The lowest BCUT2D eigenvalue weighted by molar-refractivity contribution is 1.29. The van der Waals surface area contributed by atoms with E-state index in [0.717, 1.165) is 0 Å². The largest absolute Gasteiger partial charge is 0.302 e. The molecular weight excluding hydrogens is 502 g/mol. The molecule has 1 nitrogen and oxygen atoms in total. The Morgan fingerprint density at radius 1 is 0.516 bits per heavy atom. The summed E-state index contributed by atoms with van der Waals surface area (Å²) in [5.74, 6) is 0. The first-order chi connectivity index (χ1) is 15.1. The van der Waals surface area contributed by atoms with Gasteiger partial charge in [-0.15, -0.1) is 34.0 Å². The van der Waals surface area contributed by atoms with Gasteiger partial charge in [0, 0.05) is 30.9 Å². The average Bonchev–Trinajstić information content (AvgIpc) is 3.51. The first kappa shape index (κ1) is 20.7. The summed E-state index contributed by atoms with van der Waals surface area (Å²) in [7, 11) is 0. The number of benzene rings is 2. The highest BCUT2D eigenvalue weighted by Gasteiger charge is 2.16. The summed E-state index contributed by atoms with van der Waals surface area (Å²) >= 11 is 9.04. The highest BCUT2D eigenvalue weighted by molar-refractivity contribution is 9.11. The Balaban J connectivity index is 1.52. The van der Waals surface area contributed by atoms with Gasteiger partial charge in [-0.25, -0.2) is 0 Å². The number of thiophene rings is 3. The monoisotopic (exact) mass is 521 g/mol. The third kappa shape index (κ3) is 4.41. The predicted octanol–water partition coefficient (Wildman–Crippen LogP) is 10.1. The van der Waals surface area contributed by atoms with Crippen LogP contribution in [0.15, 0.2) is 88.7 Å². The van der Waals surface area contributed by atoms with E-state index in [4.69, 9.17) is 0 Å². The fraction of sp³-hybridized carbons (Fsp3) is 0.0769. The van der Waals surface area contributed by atoms with Gasteiger partial charge < -0.3 is 4.90 Å². The molecule has 0 fully saturated rings. The second-order valence-corrected chi connectivity index (χ2v) is 12.0. The van der Waals surface area contributed by atoms with E-state index >= 15 is 0 Å². The zero-order chi connectivity index (χ0) is 21.4. The third-order valence-corrected chi connectivity index (χ3v) is 9.23. The molecule has 0 aliphatic heterocycles. The highest BCUT2D eigenvalue weighted by atomic mass is 79.9. The number of halogens is 1. The molecule has 2 aromatic carbocycles. The van der Waals surface area contributed by atoms with Crippen molar-refractivity contribution >= 4 is 66.3 Å². The number of anilines is 3. The van der Waals surface area contributed by atoms with E-state index < -0.39 is 0 Å². The smallest absolute Gasteiger partial charge is 0.101 e. The maximum Gasteiger partial charge on any atom is 0.101 e. The minimum atomic E-state index is 1.17. The van der Waals surface area contributed by atoms with Gasteiger partial charge in [0.1, 0.15) is 5.00 Å². The summed E-state index contributed by atoms with van der Waals surface area (Å²) in [5.41, 5.74) is 4.90. The van der Waals surface area contributed by atoms with E-state index in [1.165, 1.54) is 50.8 Å². The number of nitrogens with zero attached hydrogens (tertiary/aromatic N) is 1. The second kappa shape index (κ2) is 8.75. The first-order valence-corrected chi connectivity index (χ1v) is 13.2. The zero-order valence-corrected chi connectivity index (χ0v) is 21.2. The molecule has 0 aliphatic carbocycles. The summed E-state index contributed by atoms with van der Waals surface area (Å²) in [6.45, 7) is 4.26. The Morgan fingerprint density at radius 3 is 1.48 bits per heavy atom. The molecule has 3 heterocycles. The number of rotatable bonds is 5. The van der Waals surface area contributed by atoms with Gasteiger partial charge >= 0.3 is 0 Å². The standard InChI is InChI=1S/C26H20BrNS3/c1-17-3-7-19(8-4-17)28(20-9-5-18(2)6-10-20)26-16-14-24(31-26)22-12-11-21(29-22)23-13-15-25(27)30-23/h3-16H,1-2H3. The zero-order valence-electron chi connectivity index (χ0n) is 17.1. The maximum absolute atomic E-state index is 3.57. The molecule has 0 radical (unpaired) electrons. The van der Waals surface area contributed by atoms with Crippen molar-refractivity contribution in [2.75, 3.05) is 4.90 Å². The molecule has 0 unspecified atom stereocenters. The molecule has 5 rings (SSSR count). The normalized spacial score (nSPS) is 11.1. The maximum atomic E-state index is 3.57. The van der Waals surface area contributed by atoms with Crippen LogP contribution < -0.4 is 4.90 Å². The highest BCUT2D eigenvalue weighted by Crippen LogP contribution is 2.45. The van der Waals surface area contributed by atoms with Crippen LogP contribution in [0, 0.1) is 13.8 Å². The molecule has 154 valence electrons. The predicted molar refractivity (Wildman–Crippen MR) is 143 cm³/mol. The van der Waals surface area contributed by atoms with Crippen molar-refractivity contribution in [3.05, 3.63) is 99.8 Å². The molecule has 0 saturated heterocycles. The summed E-state index contributed by atoms with van der Waals surface area (Å²) in [6.07, 6.45) is 0. The lowest BCUT2D eigenvalue weighted by atomic mass is 10.1. The Morgan fingerprint density at radius 2 is 0.968 bits per heavy atom. The minimum absolute atomic E-state index is 1.17. The molecule has 3 aromatic heterocycles. The molecule has 5 aromatic rings. The van der Waals surface area contributed by atoms with Crippen LogP contribution in [0.25, 0.3) is 19.5 Å². The van der Waals surface area contributed by atoms with Crippen LogP contribution in [0.4, 0.5) is 16.4 Å². The van der Waals surface area contributed by atoms with Gasteiger partial charge in [-0.1, -0.05) is 35.4 Å². The third-order valence-electron chi connectivity index (χ3n) is 5.06. The molecule has 0 amide bonds. The molecule has 31 heavy (non-hydrogen) atoms. The van der Waals surface area contributed by atoms with E-state index in [1.54, 1.807) is 11.3 Å². The summed E-state index contributed by atoms with van der Waals surface area (Å²) in [5, 5.41) is 1.22. The van der Waals surface area contributed by atoms with Crippen molar-refractivity contribution in [1.82, 2.24) is 0 Å². The van der Waals surface area contributed by atoms with E-state index in [9.17, 15) is 0 Å². The minimum Gasteiger partial charge on any atom is -0.302 e. The van der Waals surface area contributed by atoms with Crippen molar-refractivity contribution < 1.29 is 0 Å². The fourth-order valence-electron chi connectivity index (χ4n) is 3.42. The fourth-order valence-corrected chi connectivity index (χ4v) is 7.04. The van der Waals surface area contributed by atoms with Crippen LogP contribution in [-0.4, -0.2) is 0 Å². The number of hydrogen-bond acceptors (Lipinski definition) is 4. The quantitative estimate of drug-likeness (QED) is 0.222. The van der Waals surface area contributed by atoms with Gasteiger partial charge in [0.15, 0.2) is 0 Å². The van der Waals surface area contributed by atoms with Crippen LogP contribution >= 0.6 is 49.9 Å². The molecular formula is C26H20BrNS3. The average molecular weight is 523 g/mol. The van der Waals surface area contributed by atoms with Crippen molar-refractivity contribution in [3.63, 3.8) is 0 Å². The Labute approximate surface area is 203 Å². The summed E-state index contributed by atoms with van der Waals surface area (Å²) < 4.78 is 1.17. The molecule has 0 atom stereocenters. The summed E-state index contributed by atoms with van der Waals surface area (Å²) in [6, 6.07) is 30.8. The number of hydrogen-bond donors (Lipinski definition) is 0. The molecule has 0 spiro atoms.